The van der Waals surface area contributed by atoms with Gasteiger partial charge in [-0.25, -0.2) is 9.18 Å². The third-order valence-corrected chi connectivity index (χ3v) is 6.29. The number of aliphatic hydroxyl groups is 1. The number of ether oxygens (including phenoxy) is 1. The van der Waals surface area contributed by atoms with E-state index in [2.05, 4.69) is 21.2 Å². The molecule has 35 heavy (non-hydrogen) atoms. The number of hydrogen-bond donors (Lipinski definition) is 3. The summed E-state index contributed by atoms with van der Waals surface area (Å²) in [6.07, 6.45) is 0.822. The summed E-state index contributed by atoms with van der Waals surface area (Å²) >= 11 is 9.36. The molecule has 190 valence electrons. The maximum Gasteiger partial charge on any atom is 0.339 e. The number of nitrogens with zero attached hydrogens (tertiary/aromatic N) is 1. The zero-order valence-electron chi connectivity index (χ0n) is 20.3. The minimum atomic E-state index is -1.07. The molecule has 0 aliphatic carbocycles. The van der Waals surface area contributed by atoms with Gasteiger partial charge in [-0.15, -0.1) is 0 Å². The van der Waals surface area contributed by atoms with E-state index in [1.54, 1.807) is 25.1 Å². The third kappa shape index (κ3) is 7.02. The molecule has 2 rings (SSSR count). The summed E-state index contributed by atoms with van der Waals surface area (Å²) in [6.45, 7) is 7.18. The number of rotatable bonds is 8. The molecule has 2 aromatic carbocycles. The van der Waals surface area contributed by atoms with Gasteiger partial charge in [0.2, 0.25) is 6.41 Å². The maximum atomic E-state index is 15.0. The molecule has 0 heterocycles. The zero-order valence-corrected chi connectivity index (χ0v) is 22.6. The third-order valence-electron chi connectivity index (χ3n) is 5.46. The molecule has 0 aliphatic heterocycles. The molecular weight excluding hydrogens is 541 g/mol. The fourth-order valence-electron chi connectivity index (χ4n) is 4.18. The number of guanidine groups is 1. The smallest absolute Gasteiger partial charge is 0.339 e. The number of aliphatic hydroxyl groups excluding tert-OH is 1. The van der Waals surface area contributed by atoms with Crippen LogP contribution < -0.4 is 5.32 Å². The van der Waals surface area contributed by atoms with Crippen LogP contribution in [-0.4, -0.2) is 42.1 Å². The Morgan fingerprint density at radius 3 is 2.46 bits per heavy atom. The first kappa shape index (κ1) is 28.7. The van der Waals surface area contributed by atoms with Gasteiger partial charge in [-0.1, -0.05) is 60.4 Å². The average molecular weight is 571 g/mol. The van der Waals surface area contributed by atoms with Gasteiger partial charge in [0, 0.05) is 10.0 Å². The van der Waals surface area contributed by atoms with Crippen LogP contribution in [0.25, 0.3) is 0 Å². The van der Waals surface area contributed by atoms with Gasteiger partial charge in [-0.3, -0.25) is 15.1 Å². The van der Waals surface area contributed by atoms with E-state index < -0.39 is 30.0 Å². The Balaban J connectivity index is 2.48. The Hall–Kier alpha value is -2.49. The second-order valence-electron chi connectivity index (χ2n) is 9.61. The molecule has 0 radical (unpaired) electrons. The SMILES string of the molecule is COC(=O)c1cc([C@@H](CO)N(C=O)C(=N)N[C@](C)(CC(C)(C)C)c2ccc(Br)cc2F)ccc1Cl. The van der Waals surface area contributed by atoms with Crippen molar-refractivity contribution in [1.29, 1.82) is 5.41 Å². The zero-order chi connectivity index (χ0) is 26.6. The standard InChI is InChI=1S/C25H30BrClFN3O4/c1-24(2,3)13-25(4,18-8-7-16(26)11-20(18)28)30-23(29)31(14-33)21(12-32)15-6-9-19(27)17(10-15)22(34)35-5/h6-11,14,21,32H,12-13H2,1-5H3,(H2,29,30)/t21-,25-/m1/s1. The van der Waals surface area contributed by atoms with Gasteiger partial charge in [0.05, 0.1) is 35.9 Å². The lowest BCUT2D eigenvalue weighted by Gasteiger charge is -2.40. The van der Waals surface area contributed by atoms with Crippen LogP contribution in [-0.2, 0) is 15.1 Å². The Kier molecular flexibility index (Phi) is 9.44. The highest BCUT2D eigenvalue weighted by molar-refractivity contribution is 9.10. The molecule has 3 N–H and O–H groups in total. The number of amides is 1. The Bertz CT molecular complexity index is 1110. The van der Waals surface area contributed by atoms with Crippen molar-refractivity contribution in [3.8, 4) is 0 Å². The summed E-state index contributed by atoms with van der Waals surface area (Å²) in [6, 6.07) is 8.07. The van der Waals surface area contributed by atoms with Crippen LogP contribution in [0, 0.1) is 16.6 Å². The van der Waals surface area contributed by atoms with Crippen molar-refractivity contribution >= 4 is 45.9 Å². The van der Waals surface area contributed by atoms with Crippen LogP contribution in [0.4, 0.5) is 4.39 Å². The normalized spacial score (nSPS) is 14.0. The van der Waals surface area contributed by atoms with Crippen molar-refractivity contribution in [3.63, 3.8) is 0 Å². The van der Waals surface area contributed by atoms with E-state index in [0.29, 0.717) is 28.4 Å². The van der Waals surface area contributed by atoms with E-state index in [-0.39, 0.29) is 22.0 Å². The maximum absolute atomic E-state index is 15.0. The van der Waals surface area contributed by atoms with Crippen molar-refractivity contribution in [2.45, 2.75) is 45.7 Å². The number of esters is 1. The lowest BCUT2D eigenvalue weighted by Crippen LogP contribution is -2.53. The number of carbonyl (C=O) groups is 2. The van der Waals surface area contributed by atoms with Crippen LogP contribution >= 0.6 is 27.5 Å². The van der Waals surface area contributed by atoms with Crippen LogP contribution in [0.15, 0.2) is 40.9 Å². The van der Waals surface area contributed by atoms with Crippen molar-refractivity contribution in [3.05, 3.63) is 68.4 Å². The first-order valence-corrected chi connectivity index (χ1v) is 12.0. The number of carbonyl (C=O) groups excluding carboxylic acids is 2. The minimum Gasteiger partial charge on any atom is -0.465 e. The molecule has 0 aliphatic rings. The lowest BCUT2D eigenvalue weighted by atomic mass is 9.76. The Morgan fingerprint density at radius 2 is 1.94 bits per heavy atom. The first-order valence-electron chi connectivity index (χ1n) is 10.8. The van der Waals surface area contributed by atoms with Crippen LogP contribution in [0.3, 0.4) is 0 Å². The molecule has 0 saturated carbocycles. The van der Waals surface area contributed by atoms with E-state index >= 15 is 4.39 Å². The van der Waals surface area contributed by atoms with Crippen molar-refractivity contribution in [1.82, 2.24) is 10.2 Å². The highest BCUT2D eigenvalue weighted by atomic mass is 79.9. The molecule has 1 amide bonds. The van der Waals surface area contributed by atoms with Crippen molar-refractivity contribution in [2.75, 3.05) is 13.7 Å². The van der Waals surface area contributed by atoms with E-state index in [4.69, 9.17) is 21.7 Å². The number of nitrogens with one attached hydrogen (secondary N) is 2. The highest BCUT2D eigenvalue weighted by Gasteiger charge is 2.37. The largest absolute Gasteiger partial charge is 0.465 e. The van der Waals surface area contributed by atoms with E-state index in [1.165, 1.54) is 25.3 Å². The van der Waals surface area contributed by atoms with E-state index in [0.717, 1.165) is 4.90 Å². The molecule has 0 aromatic heterocycles. The predicted molar refractivity (Wildman–Crippen MR) is 137 cm³/mol. The fourth-order valence-corrected chi connectivity index (χ4v) is 4.71. The summed E-state index contributed by atoms with van der Waals surface area (Å²) in [7, 11) is 1.21. The fraction of sp³-hybridized carbons (Fsp3) is 0.400. The molecule has 10 heteroatoms. The van der Waals surface area contributed by atoms with Gasteiger partial charge in [0.15, 0.2) is 5.96 Å². The van der Waals surface area contributed by atoms with Gasteiger partial charge in [-0.2, -0.15) is 0 Å². The number of methoxy groups -OCH3 is 1. The second-order valence-corrected chi connectivity index (χ2v) is 10.9. The number of hydrogen-bond acceptors (Lipinski definition) is 5. The summed E-state index contributed by atoms with van der Waals surface area (Å²) in [5.74, 6) is -1.49. The van der Waals surface area contributed by atoms with Gasteiger partial charge >= 0.3 is 5.97 Å². The molecule has 2 aromatic rings. The summed E-state index contributed by atoms with van der Waals surface area (Å²) in [5, 5.41) is 22.0. The molecular formula is C25H30BrClFN3O4. The van der Waals surface area contributed by atoms with Gasteiger partial charge in [0.1, 0.15) is 5.82 Å². The van der Waals surface area contributed by atoms with Gasteiger partial charge in [-0.05, 0) is 48.6 Å². The summed E-state index contributed by atoms with van der Waals surface area (Å²) < 4.78 is 20.3. The topological polar surface area (TPSA) is 103 Å². The predicted octanol–water partition coefficient (Wildman–Crippen LogP) is 5.40. The molecule has 7 nitrogen and oxygen atoms in total. The van der Waals surface area contributed by atoms with Crippen LogP contribution in [0.2, 0.25) is 5.02 Å². The first-order chi connectivity index (χ1) is 16.3. The highest BCUT2D eigenvalue weighted by Crippen LogP contribution is 2.37. The molecule has 0 unspecified atom stereocenters. The van der Waals surface area contributed by atoms with E-state index in [1.807, 2.05) is 20.8 Å². The molecule has 0 spiro atoms. The van der Waals surface area contributed by atoms with Crippen molar-refractivity contribution < 1.29 is 23.8 Å². The van der Waals surface area contributed by atoms with Gasteiger partial charge in [0.25, 0.3) is 0 Å². The second kappa shape index (κ2) is 11.5. The Morgan fingerprint density at radius 1 is 1.29 bits per heavy atom. The monoisotopic (exact) mass is 569 g/mol. The molecule has 0 fully saturated rings. The summed E-state index contributed by atoms with van der Waals surface area (Å²) in [5.41, 5.74) is -0.590. The number of halogens is 3. The van der Waals surface area contributed by atoms with Gasteiger partial charge < -0.3 is 15.2 Å². The number of benzene rings is 2. The minimum absolute atomic E-state index is 0.0601. The molecule has 2 atom stereocenters. The average Bonchev–Trinajstić information content (AvgIpc) is 2.75. The lowest BCUT2D eigenvalue weighted by molar-refractivity contribution is -0.117. The van der Waals surface area contributed by atoms with Crippen molar-refractivity contribution in [2.24, 2.45) is 5.41 Å². The van der Waals surface area contributed by atoms with Crippen LogP contribution in [0.1, 0.15) is 61.6 Å². The molecule has 0 saturated heterocycles. The van der Waals surface area contributed by atoms with E-state index in [9.17, 15) is 14.7 Å². The summed E-state index contributed by atoms with van der Waals surface area (Å²) in [4.78, 5) is 25.2. The Labute approximate surface area is 218 Å². The quantitative estimate of drug-likeness (QED) is 0.171. The molecule has 0 bridgehead atoms. The van der Waals surface area contributed by atoms with Crippen LogP contribution in [0.5, 0.6) is 0 Å².